The molecule has 4 heteroatoms. The Labute approximate surface area is 107 Å². The summed E-state index contributed by atoms with van der Waals surface area (Å²) in [5.41, 5.74) is 3.02. The Balaban J connectivity index is 1.51. The first-order valence-corrected chi connectivity index (χ1v) is 6.56. The summed E-state index contributed by atoms with van der Waals surface area (Å²) in [4.78, 5) is 4.13. The second-order valence-corrected chi connectivity index (χ2v) is 4.84. The average Bonchev–Trinajstić information content (AvgIpc) is 2.92. The summed E-state index contributed by atoms with van der Waals surface area (Å²) in [7, 11) is 0. The molecule has 1 atom stereocenters. The number of H-pyrrole nitrogens is 1. The SMILES string of the molecule is c1ccc2c(c1)CCC(NCCc1ncn[nH]1)C2. The van der Waals surface area contributed by atoms with E-state index in [1.807, 2.05) is 0 Å². The zero-order valence-electron chi connectivity index (χ0n) is 10.4. The van der Waals surface area contributed by atoms with E-state index in [0.29, 0.717) is 6.04 Å². The number of nitrogens with zero attached hydrogens (tertiary/aromatic N) is 2. The fourth-order valence-corrected chi connectivity index (χ4v) is 2.62. The first-order chi connectivity index (χ1) is 8.92. The Morgan fingerprint density at radius 2 is 2.17 bits per heavy atom. The van der Waals surface area contributed by atoms with Crippen LogP contribution in [0.2, 0.25) is 0 Å². The molecule has 1 aromatic carbocycles. The Morgan fingerprint density at radius 3 is 3.00 bits per heavy atom. The van der Waals surface area contributed by atoms with Crippen molar-refractivity contribution in [2.24, 2.45) is 0 Å². The number of benzene rings is 1. The maximum atomic E-state index is 4.13. The van der Waals surface area contributed by atoms with Crippen LogP contribution in [-0.2, 0) is 19.3 Å². The molecule has 0 spiro atoms. The van der Waals surface area contributed by atoms with Gasteiger partial charge in [0.05, 0.1) is 0 Å². The molecule has 2 N–H and O–H groups in total. The average molecular weight is 242 g/mol. The molecule has 0 amide bonds. The van der Waals surface area contributed by atoms with Crippen molar-refractivity contribution in [3.8, 4) is 0 Å². The van der Waals surface area contributed by atoms with Gasteiger partial charge in [0.15, 0.2) is 0 Å². The maximum Gasteiger partial charge on any atom is 0.137 e. The highest BCUT2D eigenvalue weighted by Gasteiger charge is 2.17. The molecule has 0 saturated heterocycles. The van der Waals surface area contributed by atoms with Crippen LogP contribution in [0.25, 0.3) is 0 Å². The Kier molecular flexibility index (Phi) is 3.37. The van der Waals surface area contributed by atoms with Gasteiger partial charge in [0, 0.05) is 19.0 Å². The molecule has 1 aromatic heterocycles. The number of nitrogens with one attached hydrogen (secondary N) is 2. The second kappa shape index (κ2) is 5.31. The van der Waals surface area contributed by atoms with Crippen molar-refractivity contribution in [3.05, 3.63) is 47.5 Å². The van der Waals surface area contributed by atoms with Crippen molar-refractivity contribution >= 4 is 0 Å². The van der Waals surface area contributed by atoms with Gasteiger partial charge >= 0.3 is 0 Å². The lowest BCUT2D eigenvalue weighted by molar-refractivity contribution is 0.459. The molecule has 0 saturated carbocycles. The van der Waals surface area contributed by atoms with Crippen LogP contribution in [0, 0.1) is 0 Å². The Bertz CT molecular complexity index is 492. The monoisotopic (exact) mass is 242 g/mol. The standard InChI is InChI=1S/C14H18N4/c1-2-4-12-9-13(6-5-11(12)3-1)15-8-7-14-16-10-17-18-14/h1-4,10,13,15H,5-9H2,(H,16,17,18). The van der Waals surface area contributed by atoms with E-state index in [2.05, 4.69) is 44.8 Å². The summed E-state index contributed by atoms with van der Waals surface area (Å²) in [6.45, 7) is 0.960. The van der Waals surface area contributed by atoms with E-state index in [1.165, 1.54) is 24.0 Å². The third-order valence-electron chi connectivity index (χ3n) is 3.61. The highest BCUT2D eigenvalue weighted by atomic mass is 15.2. The van der Waals surface area contributed by atoms with Crippen LogP contribution in [-0.4, -0.2) is 27.8 Å². The molecule has 1 heterocycles. The van der Waals surface area contributed by atoms with E-state index in [-0.39, 0.29) is 0 Å². The molecule has 2 aromatic rings. The number of aromatic nitrogens is 3. The summed E-state index contributed by atoms with van der Waals surface area (Å²) in [5, 5.41) is 10.4. The predicted molar refractivity (Wildman–Crippen MR) is 70.3 cm³/mol. The van der Waals surface area contributed by atoms with Gasteiger partial charge in [-0.15, -0.1) is 0 Å². The van der Waals surface area contributed by atoms with Gasteiger partial charge in [0.2, 0.25) is 0 Å². The third-order valence-corrected chi connectivity index (χ3v) is 3.61. The van der Waals surface area contributed by atoms with Gasteiger partial charge in [0.1, 0.15) is 12.2 Å². The van der Waals surface area contributed by atoms with Gasteiger partial charge in [-0.25, -0.2) is 4.98 Å². The first kappa shape index (κ1) is 11.4. The molecule has 0 radical (unpaired) electrons. The molecule has 0 bridgehead atoms. The molecule has 0 aliphatic heterocycles. The summed E-state index contributed by atoms with van der Waals surface area (Å²) in [6, 6.07) is 9.37. The lowest BCUT2D eigenvalue weighted by Crippen LogP contribution is -2.35. The summed E-state index contributed by atoms with van der Waals surface area (Å²) in [5.74, 6) is 0.957. The highest BCUT2D eigenvalue weighted by molar-refractivity contribution is 5.30. The maximum absolute atomic E-state index is 4.13. The first-order valence-electron chi connectivity index (χ1n) is 6.56. The zero-order chi connectivity index (χ0) is 12.2. The van der Waals surface area contributed by atoms with E-state index in [9.17, 15) is 0 Å². The van der Waals surface area contributed by atoms with Gasteiger partial charge in [0.25, 0.3) is 0 Å². The van der Waals surface area contributed by atoms with Gasteiger partial charge in [-0.1, -0.05) is 24.3 Å². The molecular formula is C14H18N4. The summed E-state index contributed by atoms with van der Waals surface area (Å²) >= 11 is 0. The second-order valence-electron chi connectivity index (χ2n) is 4.84. The van der Waals surface area contributed by atoms with Gasteiger partial charge in [-0.05, 0) is 30.4 Å². The molecular weight excluding hydrogens is 224 g/mol. The lowest BCUT2D eigenvalue weighted by Gasteiger charge is -2.25. The van der Waals surface area contributed by atoms with E-state index in [4.69, 9.17) is 0 Å². The number of fused-ring (bicyclic) bond motifs is 1. The third kappa shape index (κ3) is 2.59. The van der Waals surface area contributed by atoms with Crippen LogP contribution < -0.4 is 5.32 Å². The van der Waals surface area contributed by atoms with Gasteiger partial charge in [-0.2, -0.15) is 5.10 Å². The molecule has 1 unspecified atom stereocenters. The number of hydrogen-bond donors (Lipinski definition) is 2. The highest BCUT2D eigenvalue weighted by Crippen LogP contribution is 2.20. The normalized spacial score (nSPS) is 18.6. The van der Waals surface area contributed by atoms with Crippen molar-refractivity contribution in [2.45, 2.75) is 31.7 Å². The molecule has 1 aliphatic rings. The van der Waals surface area contributed by atoms with Crippen molar-refractivity contribution in [1.82, 2.24) is 20.5 Å². The molecule has 1 aliphatic carbocycles. The quantitative estimate of drug-likeness (QED) is 0.854. The molecule has 0 fully saturated rings. The van der Waals surface area contributed by atoms with Crippen molar-refractivity contribution in [3.63, 3.8) is 0 Å². The van der Waals surface area contributed by atoms with Crippen LogP contribution in [0.15, 0.2) is 30.6 Å². The van der Waals surface area contributed by atoms with E-state index in [0.717, 1.165) is 25.2 Å². The minimum absolute atomic E-state index is 0.600. The minimum Gasteiger partial charge on any atom is -0.313 e. The van der Waals surface area contributed by atoms with Crippen LogP contribution >= 0.6 is 0 Å². The zero-order valence-corrected chi connectivity index (χ0v) is 10.4. The van der Waals surface area contributed by atoms with Gasteiger partial charge in [-0.3, -0.25) is 5.10 Å². The minimum atomic E-state index is 0.600. The van der Waals surface area contributed by atoms with Crippen molar-refractivity contribution in [1.29, 1.82) is 0 Å². The van der Waals surface area contributed by atoms with Crippen molar-refractivity contribution in [2.75, 3.05) is 6.54 Å². The van der Waals surface area contributed by atoms with E-state index >= 15 is 0 Å². The molecule has 18 heavy (non-hydrogen) atoms. The topological polar surface area (TPSA) is 53.6 Å². The molecule has 4 nitrogen and oxygen atoms in total. The van der Waals surface area contributed by atoms with E-state index < -0.39 is 0 Å². The van der Waals surface area contributed by atoms with Crippen LogP contribution in [0.4, 0.5) is 0 Å². The smallest absolute Gasteiger partial charge is 0.137 e. The largest absolute Gasteiger partial charge is 0.313 e. The fraction of sp³-hybridized carbons (Fsp3) is 0.429. The van der Waals surface area contributed by atoms with Crippen LogP contribution in [0.1, 0.15) is 23.4 Å². The number of hydrogen-bond acceptors (Lipinski definition) is 3. The predicted octanol–water partition coefficient (Wildman–Crippen LogP) is 1.49. The van der Waals surface area contributed by atoms with Crippen molar-refractivity contribution < 1.29 is 0 Å². The van der Waals surface area contributed by atoms with Crippen LogP contribution in [0.5, 0.6) is 0 Å². The number of aryl methyl sites for hydroxylation is 1. The molecule has 3 rings (SSSR count). The number of rotatable bonds is 4. The lowest BCUT2D eigenvalue weighted by atomic mass is 9.88. The number of aromatic amines is 1. The summed E-state index contributed by atoms with van der Waals surface area (Å²) in [6.07, 6.45) is 6.04. The summed E-state index contributed by atoms with van der Waals surface area (Å²) < 4.78 is 0. The Hall–Kier alpha value is -1.68. The Morgan fingerprint density at radius 1 is 1.28 bits per heavy atom. The fourth-order valence-electron chi connectivity index (χ4n) is 2.62. The van der Waals surface area contributed by atoms with Gasteiger partial charge < -0.3 is 5.32 Å². The molecule has 94 valence electrons. The van der Waals surface area contributed by atoms with Crippen LogP contribution in [0.3, 0.4) is 0 Å². The van der Waals surface area contributed by atoms with E-state index in [1.54, 1.807) is 6.33 Å².